The fourth-order valence-corrected chi connectivity index (χ4v) is 4.37. The molecule has 2 aliphatic heterocycles. The minimum Gasteiger partial charge on any atom is -0.496 e. The molecule has 0 N–H and O–H groups in total. The molecule has 3 rings (SSSR count). The van der Waals surface area contributed by atoms with Crippen LogP contribution in [0.3, 0.4) is 0 Å². The highest BCUT2D eigenvalue weighted by molar-refractivity contribution is 6.30. The van der Waals surface area contributed by atoms with Gasteiger partial charge >= 0.3 is 0 Å². The van der Waals surface area contributed by atoms with E-state index in [0.717, 1.165) is 81.4 Å². The smallest absolute Gasteiger partial charge is 0.123 e. The Morgan fingerprint density at radius 3 is 2.58 bits per heavy atom. The number of benzene rings is 1. The lowest BCUT2D eigenvalue weighted by atomic mass is 9.96. The van der Waals surface area contributed by atoms with Crippen LogP contribution in [0.1, 0.15) is 31.2 Å². The van der Waals surface area contributed by atoms with Crippen LogP contribution in [0, 0.1) is 12.3 Å². The molecule has 0 saturated carbocycles. The number of ether oxygens (including phenoxy) is 2. The van der Waals surface area contributed by atoms with E-state index in [2.05, 4.69) is 15.7 Å². The third-order valence-electron chi connectivity index (χ3n) is 5.60. The van der Waals surface area contributed by atoms with Crippen molar-refractivity contribution in [2.45, 2.75) is 44.3 Å². The van der Waals surface area contributed by atoms with Crippen molar-refractivity contribution in [3.63, 3.8) is 0 Å². The summed E-state index contributed by atoms with van der Waals surface area (Å²) in [5, 5.41) is 0.761. The second-order valence-corrected chi connectivity index (χ2v) is 7.62. The first-order chi connectivity index (χ1) is 12.7. The summed E-state index contributed by atoms with van der Waals surface area (Å²) in [7, 11) is 1.73. The normalized spacial score (nSPS) is 20.2. The fourth-order valence-electron chi connectivity index (χ4n) is 4.18. The highest BCUT2D eigenvalue weighted by Crippen LogP contribution is 2.30. The van der Waals surface area contributed by atoms with Crippen molar-refractivity contribution in [3.8, 4) is 18.1 Å². The van der Waals surface area contributed by atoms with Gasteiger partial charge in [-0.1, -0.05) is 17.5 Å². The third-order valence-corrected chi connectivity index (χ3v) is 5.83. The molecule has 2 heterocycles. The van der Waals surface area contributed by atoms with Crippen molar-refractivity contribution >= 4 is 11.6 Å². The van der Waals surface area contributed by atoms with Gasteiger partial charge in [0.25, 0.3) is 0 Å². The van der Waals surface area contributed by atoms with Gasteiger partial charge in [-0.25, -0.2) is 0 Å². The zero-order chi connectivity index (χ0) is 18.4. The molecule has 5 heteroatoms. The number of hydrogen-bond acceptors (Lipinski definition) is 4. The van der Waals surface area contributed by atoms with E-state index in [4.69, 9.17) is 27.5 Å². The minimum absolute atomic E-state index is 0.552. The summed E-state index contributed by atoms with van der Waals surface area (Å²) in [6.07, 6.45) is 9.97. The number of likely N-dealkylation sites (tertiary alicyclic amines) is 1. The Labute approximate surface area is 162 Å². The molecule has 0 aromatic heterocycles. The van der Waals surface area contributed by atoms with Crippen molar-refractivity contribution < 1.29 is 9.47 Å². The van der Waals surface area contributed by atoms with Gasteiger partial charge < -0.3 is 9.47 Å². The van der Waals surface area contributed by atoms with Gasteiger partial charge in [0.1, 0.15) is 5.75 Å². The molecule has 0 spiro atoms. The Hall–Kier alpha value is -1.25. The Balaban J connectivity index is 1.76. The summed E-state index contributed by atoms with van der Waals surface area (Å²) in [4.78, 5) is 5.04. The van der Waals surface area contributed by atoms with Crippen LogP contribution in [0.15, 0.2) is 18.2 Å². The average Bonchev–Trinajstić information content (AvgIpc) is 2.68. The first-order valence-corrected chi connectivity index (χ1v) is 9.90. The highest BCUT2D eigenvalue weighted by Gasteiger charge is 2.31. The maximum Gasteiger partial charge on any atom is 0.123 e. The minimum atomic E-state index is 0.552. The summed E-state index contributed by atoms with van der Waals surface area (Å²) in [5.74, 6) is 3.68. The van der Waals surface area contributed by atoms with Crippen molar-refractivity contribution in [2.75, 3.05) is 40.0 Å². The number of nitrogens with zero attached hydrogens (tertiary/aromatic N) is 2. The standard InChI is InChI=1S/C21H29ClN2O2/c1-3-10-23-11-6-19(7-12-23)24(20-8-13-26-14-9-20)16-17-15-18(22)4-5-21(17)25-2/h1,4-5,15,19-20H,6-14,16H2,2H3. The van der Waals surface area contributed by atoms with Gasteiger partial charge in [-0.15, -0.1) is 6.42 Å². The van der Waals surface area contributed by atoms with Crippen molar-refractivity contribution in [2.24, 2.45) is 0 Å². The molecule has 142 valence electrons. The fraction of sp³-hybridized carbons (Fsp3) is 0.619. The molecule has 0 unspecified atom stereocenters. The third kappa shape index (κ3) is 4.92. The number of terminal acetylenes is 1. The molecule has 0 bridgehead atoms. The Morgan fingerprint density at radius 1 is 1.23 bits per heavy atom. The highest BCUT2D eigenvalue weighted by atomic mass is 35.5. The molecule has 2 aliphatic rings. The van der Waals surface area contributed by atoms with E-state index in [9.17, 15) is 0 Å². The number of rotatable bonds is 6. The van der Waals surface area contributed by atoms with Crippen LogP contribution in [0.25, 0.3) is 0 Å². The van der Waals surface area contributed by atoms with Gasteiger partial charge in [0.2, 0.25) is 0 Å². The first kappa shape index (κ1) is 19.5. The lowest BCUT2D eigenvalue weighted by molar-refractivity contribution is -0.00169. The monoisotopic (exact) mass is 376 g/mol. The lowest BCUT2D eigenvalue weighted by Gasteiger charge is -2.43. The SMILES string of the molecule is C#CCN1CCC(N(Cc2cc(Cl)ccc2OC)C2CCOCC2)CC1. The molecule has 1 aromatic rings. The molecule has 0 atom stereocenters. The summed E-state index contributed by atoms with van der Waals surface area (Å²) in [5.41, 5.74) is 1.16. The van der Waals surface area contributed by atoms with Gasteiger partial charge in [-0.3, -0.25) is 9.80 Å². The Bertz CT molecular complexity index is 617. The van der Waals surface area contributed by atoms with E-state index in [1.54, 1.807) is 7.11 Å². The topological polar surface area (TPSA) is 24.9 Å². The van der Waals surface area contributed by atoms with E-state index < -0.39 is 0 Å². The molecule has 2 saturated heterocycles. The maximum absolute atomic E-state index is 6.26. The van der Waals surface area contributed by atoms with Gasteiger partial charge in [-0.05, 0) is 43.9 Å². The van der Waals surface area contributed by atoms with E-state index >= 15 is 0 Å². The molecule has 2 fully saturated rings. The van der Waals surface area contributed by atoms with E-state index in [-0.39, 0.29) is 0 Å². The van der Waals surface area contributed by atoms with Crippen molar-refractivity contribution in [1.82, 2.24) is 9.80 Å². The van der Waals surface area contributed by atoms with Gasteiger partial charge in [0, 0.05) is 55.5 Å². The predicted octanol–water partition coefficient (Wildman–Crippen LogP) is 3.43. The van der Waals surface area contributed by atoms with E-state index in [0.29, 0.717) is 12.1 Å². The molecule has 1 aromatic carbocycles. The summed E-state index contributed by atoms with van der Waals surface area (Å²) >= 11 is 6.26. The van der Waals surface area contributed by atoms with Crippen LogP contribution in [0.4, 0.5) is 0 Å². The summed E-state index contributed by atoms with van der Waals surface area (Å²) in [6, 6.07) is 7.02. The van der Waals surface area contributed by atoms with Crippen LogP contribution in [-0.4, -0.2) is 61.8 Å². The molecule has 0 radical (unpaired) electrons. The van der Waals surface area contributed by atoms with Gasteiger partial charge in [0.05, 0.1) is 13.7 Å². The van der Waals surface area contributed by atoms with Crippen LogP contribution in [0.5, 0.6) is 5.75 Å². The van der Waals surface area contributed by atoms with Crippen LogP contribution in [0.2, 0.25) is 5.02 Å². The largest absolute Gasteiger partial charge is 0.496 e. The average molecular weight is 377 g/mol. The van der Waals surface area contributed by atoms with Gasteiger partial charge in [0.15, 0.2) is 0 Å². The molecule has 0 aliphatic carbocycles. The number of methoxy groups -OCH3 is 1. The molecule has 0 amide bonds. The molecule has 26 heavy (non-hydrogen) atoms. The van der Waals surface area contributed by atoms with Crippen molar-refractivity contribution in [1.29, 1.82) is 0 Å². The second-order valence-electron chi connectivity index (χ2n) is 7.18. The van der Waals surface area contributed by atoms with E-state index in [1.807, 2.05) is 18.2 Å². The van der Waals surface area contributed by atoms with Crippen LogP contribution in [-0.2, 0) is 11.3 Å². The number of piperidine rings is 1. The maximum atomic E-state index is 6.26. The zero-order valence-corrected chi connectivity index (χ0v) is 16.4. The first-order valence-electron chi connectivity index (χ1n) is 9.53. The van der Waals surface area contributed by atoms with Crippen LogP contribution >= 0.6 is 11.6 Å². The zero-order valence-electron chi connectivity index (χ0n) is 15.6. The van der Waals surface area contributed by atoms with Gasteiger partial charge in [-0.2, -0.15) is 0 Å². The molecular weight excluding hydrogens is 348 g/mol. The number of halogens is 1. The quantitative estimate of drug-likeness (QED) is 0.710. The van der Waals surface area contributed by atoms with Crippen LogP contribution < -0.4 is 4.74 Å². The van der Waals surface area contributed by atoms with E-state index in [1.165, 1.54) is 0 Å². The number of hydrogen-bond donors (Lipinski definition) is 0. The Kier molecular flexibility index (Phi) is 7.22. The Morgan fingerprint density at radius 2 is 1.92 bits per heavy atom. The van der Waals surface area contributed by atoms with Crippen molar-refractivity contribution in [3.05, 3.63) is 28.8 Å². The lowest BCUT2D eigenvalue weighted by Crippen LogP contribution is -2.50. The predicted molar refractivity (Wildman–Crippen MR) is 106 cm³/mol. The molecule has 4 nitrogen and oxygen atoms in total. The summed E-state index contributed by atoms with van der Waals surface area (Å²) < 4.78 is 11.2. The summed E-state index contributed by atoms with van der Waals surface area (Å²) in [6.45, 7) is 5.47. The second kappa shape index (κ2) is 9.62. The molecular formula is C21H29ClN2O2.